The van der Waals surface area contributed by atoms with Gasteiger partial charge >= 0.3 is 6.18 Å². The Kier molecular flexibility index (Phi) is 3.79. The maximum atomic E-state index is 12.7. The lowest BCUT2D eigenvalue weighted by molar-refractivity contribution is -0.144. The summed E-state index contributed by atoms with van der Waals surface area (Å²) in [6, 6.07) is 1.52. The fraction of sp³-hybridized carbons (Fsp3) is 0.636. The zero-order chi connectivity index (χ0) is 14.0. The van der Waals surface area contributed by atoms with Gasteiger partial charge in [0.15, 0.2) is 0 Å². The maximum absolute atomic E-state index is 12.7. The molecule has 0 radical (unpaired) electrons. The van der Waals surface area contributed by atoms with E-state index in [1.165, 1.54) is 6.07 Å². The number of hydrazine groups is 1. The number of aromatic nitrogens is 2. The molecular formula is C11H16F3N5. The quantitative estimate of drug-likeness (QED) is 0.583. The molecule has 0 aliphatic heterocycles. The zero-order valence-electron chi connectivity index (χ0n) is 10.5. The van der Waals surface area contributed by atoms with Gasteiger partial charge in [0, 0.05) is 12.1 Å². The van der Waals surface area contributed by atoms with Gasteiger partial charge in [0.25, 0.3) is 0 Å². The molecular weight excluding hydrogens is 259 g/mol. The van der Waals surface area contributed by atoms with E-state index in [1.54, 1.807) is 0 Å². The van der Waals surface area contributed by atoms with Crippen LogP contribution in [0, 0.1) is 5.92 Å². The molecule has 4 N–H and O–H groups in total. The molecule has 1 aromatic heterocycles. The van der Waals surface area contributed by atoms with Crippen LogP contribution in [0.5, 0.6) is 0 Å². The van der Waals surface area contributed by atoms with Crippen LogP contribution >= 0.6 is 0 Å². The third-order valence-corrected chi connectivity index (χ3v) is 3.32. The van der Waals surface area contributed by atoms with Crippen LogP contribution in [0.2, 0.25) is 0 Å². The molecule has 106 valence electrons. The molecule has 1 aliphatic carbocycles. The molecule has 2 rings (SSSR count). The second-order valence-electron chi connectivity index (χ2n) is 4.76. The molecule has 1 aromatic rings. The van der Waals surface area contributed by atoms with Gasteiger partial charge in [-0.05, 0) is 18.8 Å². The highest BCUT2D eigenvalue weighted by Gasteiger charge is 2.36. The maximum Gasteiger partial charge on any atom is 0.451 e. The van der Waals surface area contributed by atoms with Crippen molar-refractivity contribution in [2.24, 2.45) is 11.8 Å². The summed E-state index contributed by atoms with van der Waals surface area (Å²) < 4.78 is 38.0. The number of anilines is 2. The molecule has 0 aromatic carbocycles. The minimum atomic E-state index is -4.59. The van der Waals surface area contributed by atoms with Crippen molar-refractivity contribution in [2.45, 2.75) is 38.4 Å². The van der Waals surface area contributed by atoms with E-state index in [0.29, 0.717) is 5.92 Å². The first-order valence-corrected chi connectivity index (χ1v) is 6.09. The Morgan fingerprint density at radius 1 is 1.26 bits per heavy atom. The van der Waals surface area contributed by atoms with E-state index >= 15 is 0 Å². The van der Waals surface area contributed by atoms with Gasteiger partial charge in [-0.3, -0.25) is 0 Å². The molecule has 8 heteroatoms. The SMILES string of the molecule is CC1CCCC1Nc1cc(NN)nc(C(F)(F)F)n1. The minimum Gasteiger partial charge on any atom is -0.367 e. The Hall–Kier alpha value is -1.57. The molecule has 1 aliphatic rings. The van der Waals surface area contributed by atoms with Crippen LogP contribution in [-0.4, -0.2) is 16.0 Å². The van der Waals surface area contributed by atoms with Gasteiger partial charge in [-0.1, -0.05) is 13.3 Å². The average Bonchev–Trinajstić information content (AvgIpc) is 2.73. The van der Waals surface area contributed by atoms with Gasteiger partial charge in [0.1, 0.15) is 11.6 Å². The third-order valence-electron chi connectivity index (χ3n) is 3.32. The summed E-state index contributed by atoms with van der Waals surface area (Å²) in [5, 5.41) is 3.03. The van der Waals surface area contributed by atoms with Gasteiger partial charge < -0.3 is 10.7 Å². The summed E-state index contributed by atoms with van der Waals surface area (Å²) in [6.45, 7) is 2.07. The number of nitrogens with one attached hydrogen (secondary N) is 2. The lowest BCUT2D eigenvalue weighted by Crippen LogP contribution is -2.24. The van der Waals surface area contributed by atoms with Crippen molar-refractivity contribution < 1.29 is 13.2 Å². The van der Waals surface area contributed by atoms with E-state index in [4.69, 9.17) is 5.84 Å². The van der Waals surface area contributed by atoms with Crippen molar-refractivity contribution in [1.29, 1.82) is 0 Å². The number of nitrogen functional groups attached to an aromatic ring is 1. The summed E-state index contributed by atoms with van der Waals surface area (Å²) in [7, 11) is 0. The minimum absolute atomic E-state index is 0.0597. The number of hydrogen-bond donors (Lipinski definition) is 3. The number of nitrogens with zero attached hydrogens (tertiary/aromatic N) is 2. The van der Waals surface area contributed by atoms with E-state index < -0.39 is 12.0 Å². The molecule has 19 heavy (non-hydrogen) atoms. The van der Waals surface area contributed by atoms with Crippen molar-refractivity contribution >= 4 is 11.6 Å². The number of nitrogens with two attached hydrogens (primary N) is 1. The Bertz CT molecular complexity index is 448. The molecule has 2 atom stereocenters. The molecule has 0 bridgehead atoms. The molecule has 0 spiro atoms. The molecule has 0 saturated heterocycles. The Morgan fingerprint density at radius 2 is 1.95 bits per heavy atom. The second kappa shape index (κ2) is 5.20. The number of hydrogen-bond acceptors (Lipinski definition) is 5. The normalized spacial score (nSPS) is 23.4. The van der Waals surface area contributed by atoms with Crippen LogP contribution in [0.25, 0.3) is 0 Å². The van der Waals surface area contributed by atoms with Crippen LogP contribution in [-0.2, 0) is 6.18 Å². The van der Waals surface area contributed by atoms with E-state index in [9.17, 15) is 13.2 Å². The monoisotopic (exact) mass is 275 g/mol. The molecule has 5 nitrogen and oxygen atoms in total. The Labute approximate surface area is 108 Å². The van der Waals surface area contributed by atoms with Crippen LogP contribution in [0.3, 0.4) is 0 Å². The summed E-state index contributed by atoms with van der Waals surface area (Å²) >= 11 is 0. The topological polar surface area (TPSA) is 75.9 Å². The van der Waals surface area contributed by atoms with Gasteiger partial charge in [0.05, 0.1) is 0 Å². The second-order valence-corrected chi connectivity index (χ2v) is 4.76. The summed E-state index contributed by atoms with van der Waals surface area (Å²) in [6.07, 6.45) is -1.53. The molecule has 1 fully saturated rings. The highest BCUT2D eigenvalue weighted by Crippen LogP contribution is 2.31. The largest absolute Gasteiger partial charge is 0.451 e. The van der Waals surface area contributed by atoms with Gasteiger partial charge in [-0.25, -0.2) is 15.8 Å². The van der Waals surface area contributed by atoms with Crippen LogP contribution < -0.4 is 16.6 Å². The third kappa shape index (κ3) is 3.25. The molecule has 1 heterocycles. The average molecular weight is 275 g/mol. The van der Waals surface area contributed by atoms with Gasteiger partial charge in [-0.15, -0.1) is 0 Å². The van der Waals surface area contributed by atoms with E-state index in [1.807, 2.05) is 0 Å². The van der Waals surface area contributed by atoms with Crippen LogP contribution in [0.4, 0.5) is 24.8 Å². The van der Waals surface area contributed by atoms with Crippen LogP contribution in [0.1, 0.15) is 32.0 Å². The van der Waals surface area contributed by atoms with Gasteiger partial charge in [0.2, 0.25) is 5.82 Å². The van der Waals surface area contributed by atoms with Crippen molar-refractivity contribution in [3.8, 4) is 0 Å². The van der Waals surface area contributed by atoms with Crippen molar-refractivity contribution in [2.75, 3.05) is 10.7 Å². The standard InChI is InChI=1S/C11H16F3N5/c1-6-3-2-4-7(6)16-8-5-9(19-15)18-10(17-8)11(12,13)14/h5-7H,2-4,15H2,1H3,(H2,16,17,18,19). The lowest BCUT2D eigenvalue weighted by atomic mass is 10.1. The summed E-state index contributed by atoms with van der Waals surface area (Å²) in [5.41, 5.74) is 2.12. The van der Waals surface area contributed by atoms with E-state index in [0.717, 1.165) is 19.3 Å². The van der Waals surface area contributed by atoms with Crippen molar-refractivity contribution in [3.63, 3.8) is 0 Å². The summed E-state index contributed by atoms with van der Waals surface area (Å²) in [4.78, 5) is 6.81. The predicted octanol–water partition coefficient (Wildman–Crippen LogP) is 2.38. The molecule has 2 unspecified atom stereocenters. The molecule has 0 amide bonds. The van der Waals surface area contributed by atoms with E-state index in [-0.39, 0.29) is 17.7 Å². The molecule has 1 saturated carbocycles. The zero-order valence-corrected chi connectivity index (χ0v) is 10.5. The fourth-order valence-electron chi connectivity index (χ4n) is 2.27. The van der Waals surface area contributed by atoms with Crippen LogP contribution in [0.15, 0.2) is 6.07 Å². The van der Waals surface area contributed by atoms with Crippen molar-refractivity contribution in [3.05, 3.63) is 11.9 Å². The first-order chi connectivity index (χ1) is 8.90. The Morgan fingerprint density at radius 3 is 2.47 bits per heavy atom. The van der Waals surface area contributed by atoms with E-state index in [2.05, 4.69) is 27.6 Å². The number of rotatable bonds is 3. The number of halogens is 3. The highest BCUT2D eigenvalue weighted by atomic mass is 19.4. The van der Waals surface area contributed by atoms with Crippen molar-refractivity contribution in [1.82, 2.24) is 9.97 Å². The lowest BCUT2D eigenvalue weighted by Gasteiger charge is -2.19. The predicted molar refractivity (Wildman–Crippen MR) is 65.3 cm³/mol. The Balaban J connectivity index is 2.24. The summed E-state index contributed by atoms with van der Waals surface area (Å²) in [5.74, 6) is 4.44. The number of alkyl halides is 3. The fourth-order valence-corrected chi connectivity index (χ4v) is 2.27. The van der Waals surface area contributed by atoms with Gasteiger partial charge in [-0.2, -0.15) is 13.2 Å². The smallest absolute Gasteiger partial charge is 0.367 e. The first kappa shape index (κ1) is 13.9. The highest BCUT2D eigenvalue weighted by molar-refractivity contribution is 5.47. The first-order valence-electron chi connectivity index (χ1n) is 6.09.